The Morgan fingerprint density at radius 2 is 1.86 bits per heavy atom. The second-order valence-corrected chi connectivity index (χ2v) is 7.51. The summed E-state index contributed by atoms with van der Waals surface area (Å²) in [4.78, 5) is 12.3. The number of urea groups is 1. The van der Waals surface area contributed by atoms with E-state index in [0.717, 1.165) is 29.2 Å². The molecule has 3 nitrogen and oxygen atoms in total. The minimum Gasteiger partial charge on any atom is -0.335 e. The molecule has 0 saturated heterocycles. The van der Waals surface area contributed by atoms with Crippen molar-refractivity contribution < 1.29 is 4.79 Å². The molecule has 3 aliphatic carbocycles. The van der Waals surface area contributed by atoms with Gasteiger partial charge in [0.2, 0.25) is 0 Å². The van der Waals surface area contributed by atoms with Crippen LogP contribution >= 0.6 is 0 Å². The third-order valence-corrected chi connectivity index (χ3v) is 6.39. The molecule has 0 radical (unpaired) electrons. The van der Waals surface area contributed by atoms with Crippen molar-refractivity contribution in [2.75, 3.05) is 0 Å². The predicted molar refractivity (Wildman–Crippen MR) is 87.4 cm³/mol. The van der Waals surface area contributed by atoms with Crippen LogP contribution in [0.5, 0.6) is 0 Å². The van der Waals surface area contributed by atoms with Gasteiger partial charge in [0.05, 0.1) is 6.04 Å². The monoisotopic (exact) mass is 298 g/mol. The average molecular weight is 298 g/mol. The highest BCUT2D eigenvalue weighted by molar-refractivity contribution is 5.74. The van der Waals surface area contributed by atoms with E-state index in [1.165, 1.54) is 32.1 Å². The number of carbonyl (C=O) groups is 1. The largest absolute Gasteiger partial charge is 0.335 e. The molecule has 3 saturated carbocycles. The molecule has 3 fully saturated rings. The Kier molecular flexibility index (Phi) is 3.59. The first kappa shape index (κ1) is 14.1. The van der Waals surface area contributed by atoms with Gasteiger partial charge < -0.3 is 10.6 Å². The fourth-order valence-electron chi connectivity index (χ4n) is 5.47. The lowest BCUT2D eigenvalue weighted by molar-refractivity contribution is 0.196. The SMILES string of the molecule is C[C@H](NC(=O)N[C@@H]1C[C@H]2C[C@H]1[C@H]1CCC[C@@H]21)c1ccccc1. The molecule has 2 N–H and O–H groups in total. The summed E-state index contributed by atoms with van der Waals surface area (Å²) in [6.07, 6.45) is 6.81. The van der Waals surface area contributed by atoms with Gasteiger partial charge in [0.25, 0.3) is 0 Å². The van der Waals surface area contributed by atoms with Crippen molar-refractivity contribution in [1.29, 1.82) is 0 Å². The Labute approximate surface area is 132 Å². The van der Waals surface area contributed by atoms with Crippen LogP contribution < -0.4 is 10.6 Å². The molecule has 3 aliphatic rings. The van der Waals surface area contributed by atoms with Gasteiger partial charge >= 0.3 is 6.03 Å². The van der Waals surface area contributed by atoms with Crippen LogP contribution in [-0.4, -0.2) is 12.1 Å². The number of rotatable bonds is 3. The number of nitrogens with one attached hydrogen (secondary N) is 2. The first-order chi connectivity index (χ1) is 10.7. The molecule has 0 unspecified atom stereocenters. The molecular weight excluding hydrogens is 272 g/mol. The van der Waals surface area contributed by atoms with Crippen LogP contribution in [0.25, 0.3) is 0 Å². The topological polar surface area (TPSA) is 41.1 Å². The van der Waals surface area contributed by atoms with E-state index in [9.17, 15) is 4.79 Å². The first-order valence-electron chi connectivity index (χ1n) is 8.84. The molecule has 3 heteroatoms. The number of amides is 2. The van der Waals surface area contributed by atoms with E-state index in [0.29, 0.717) is 6.04 Å². The Hall–Kier alpha value is -1.51. The quantitative estimate of drug-likeness (QED) is 0.874. The normalized spacial score (nSPS) is 36.9. The zero-order valence-electron chi connectivity index (χ0n) is 13.3. The highest BCUT2D eigenvalue weighted by Gasteiger charge is 2.54. The Morgan fingerprint density at radius 1 is 1.09 bits per heavy atom. The van der Waals surface area contributed by atoms with E-state index in [2.05, 4.69) is 22.8 Å². The zero-order valence-corrected chi connectivity index (χ0v) is 13.3. The minimum absolute atomic E-state index is 0.00319. The van der Waals surface area contributed by atoms with Crippen LogP contribution in [-0.2, 0) is 0 Å². The van der Waals surface area contributed by atoms with E-state index < -0.39 is 0 Å². The zero-order chi connectivity index (χ0) is 15.1. The average Bonchev–Trinajstić information content (AvgIpc) is 3.20. The third kappa shape index (κ3) is 2.41. The van der Waals surface area contributed by atoms with Crippen molar-refractivity contribution in [3.63, 3.8) is 0 Å². The van der Waals surface area contributed by atoms with Gasteiger partial charge in [0.15, 0.2) is 0 Å². The Bertz CT molecular complexity index is 544. The van der Waals surface area contributed by atoms with Crippen molar-refractivity contribution in [1.82, 2.24) is 10.6 Å². The summed E-state index contributed by atoms with van der Waals surface area (Å²) in [5.74, 6) is 3.51. The lowest BCUT2D eigenvalue weighted by atomic mass is 9.79. The van der Waals surface area contributed by atoms with Crippen LogP contribution in [0.2, 0.25) is 0 Å². The third-order valence-electron chi connectivity index (χ3n) is 6.39. The van der Waals surface area contributed by atoms with Crippen LogP contribution in [0, 0.1) is 23.7 Å². The predicted octanol–water partition coefficient (Wildman–Crippen LogP) is 3.87. The maximum atomic E-state index is 12.3. The van der Waals surface area contributed by atoms with Crippen molar-refractivity contribution in [3.8, 4) is 0 Å². The number of carbonyl (C=O) groups excluding carboxylic acids is 1. The first-order valence-corrected chi connectivity index (χ1v) is 8.84. The number of hydrogen-bond donors (Lipinski definition) is 2. The lowest BCUT2D eigenvalue weighted by Gasteiger charge is -2.32. The number of hydrogen-bond acceptors (Lipinski definition) is 1. The second kappa shape index (κ2) is 5.60. The van der Waals surface area contributed by atoms with Crippen molar-refractivity contribution >= 4 is 6.03 Å². The molecule has 118 valence electrons. The maximum Gasteiger partial charge on any atom is 0.315 e. The molecule has 2 amide bonds. The molecule has 1 aromatic rings. The molecule has 1 aromatic carbocycles. The molecular formula is C19H26N2O. The van der Waals surface area contributed by atoms with Gasteiger partial charge in [0, 0.05) is 6.04 Å². The summed E-state index contributed by atoms with van der Waals surface area (Å²) in [7, 11) is 0. The van der Waals surface area contributed by atoms with E-state index in [-0.39, 0.29) is 12.1 Å². The number of fused-ring (bicyclic) bond motifs is 5. The van der Waals surface area contributed by atoms with Gasteiger partial charge in [-0.1, -0.05) is 36.8 Å². The fourth-order valence-corrected chi connectivity index (χ4v) is 5.47. The molecule has 0 aliphatic heterocycles. The smallest absolute Gasteiger partial charge is 0.315 e. The summed E-state index contributed by atoms with van der Waals surface area (Å²) in [6.45, 7) is 2.04. The van der Waals surface area contributed by atoms with Crippen LogP contribution in [0.4, 0.5) is 4.79 Å². The van der Waals surface area contributed by atoms with E-state index in [1.54, 1.807) is 0 Å². The fraction of sp³-hybridized carbons (Fsp3) is 0.632. The lowest BCUT2D eigenvalue weighted by Crippen LogP contribution is -2.47. The molecule has 22 heavy (non-hydrogen) atoms. The van der Waals surface area contributed by atoms with Gasteiger partial charge in [0.1, 0.15) is 0 Å². The van der Waals surface area contributed by atoms with E-state index in [4.69, 9.17) is 0 Å². The maximum absolute atomic E-state index is 12.3. The summed E-state index contributed by atoms with van der Waals surface area (Å²) in [6, 6.07) is 10.6. The van der Waals surface area contributed by atoms with Gasteiger partial charge in [-0.15, -0.1) is 0 Å². The minimum atomic E-state index is 0.00319. The summed E-state index contributed by atoms with van der Waals surface area (Å²) < 4.78 is 0. The molecule has 0 spiro atoms. The van der Waals surface area contributed by atoms with E-state index >= 15 is 0 Å². The van der Waals surface area contributed by atoms with Crippen LogP contribution in [0.15, 0.2) is 30.3 Å². The standard InChI is InChI=1S/C19H26N2O/c1-12(13-6-3-2-4-7-13)20-19(22)21-18-11-14-10-17(18)16-9-5-8-15(14)16/h2-4,6-7,12,14-18H,5,8-11H2,1H3,(H2,20,21,22)/t12-,14+,15-,16-,17-,18+/m0/s1. The van der Waals surface area contributed by atoms with Gasteiger partial charge in [-0.05, 0) is 61.8 Å². The summed E-state index contributed by atoms with van der Waals surface area (Å²) in [5.41, 5.74) is 1.15. The molecule has 4 rings (SSSR count). The van der Waals surface area contributed by atoms with Gasteiger partial charge in [-0.3, -0.25) is 0 Å². The van der Waals surface area contributed by atoms with Crippen LogP contribution in [0.1, 0.15) is 50.6 Å². The highest BCUT2D eigenvalue weighted by Crippen LogP contribution is 2.58. The van der Waals surface area contributed by atoms with E-state index in [1.807, 2.05) is 25.1 Å². The van der Waals surface area contributed by atoms with Gasteiger partial charge in [-0.25, -0.2) is 4.79 Å². The molecule has 2 bridgehead atoms. The van der Waals surface area contributed by atoms with Crippen LogP contribution in [0.3, 0.4) is 0 Å². The summed E-state index contributed by atoms with van der Waals surface area (Å²) in [5, 5.41) is 6.37. The van der Waals surface area contributed by atoms with Crippen molar-refractivity contribution in [2.45, 2.75) is 51.1 Å². The Balaban J connectivity index is 1.33. The molecule has 0 aromatic heterocycles. The second-order valence-electron chi connectivity index (χ2n) is 7.51. The molecule has 0 heterocycles. The highest BCUT2D eigenvalue weighted by atomic mass is 16.2. The Morgan fingerprint density at radius 3 is 2.68 bits per heavy atom. The molecule has 6 atom stereocenters. The number of benzene rings is 1. The van der Waals surface area contributed by atoms with Gasteiger partial charge in [-0.2, -0.15) is 0 Å². The summed E-state index contributed by atoms with van der Waals surface area (Å²) >= 11 is 0. The van der Waals surface area contributed by atoms with Crippen molar-refractivity contribution in [2.24, 2.45) is 23.7 Å². The van der Waals surface area contributed by atoms with Crippen molar-refractivity contribution in [3.05, 3.63) is 35.9 Å².